The van der Waals surface area contributed by atoms with E-state index in [-0.39, 0.29) is 0 Å². The van der Waals surface area contributed by atoms with E-state index in [2.05, 4.69) is 63.5 Å². The van der Waals surface area contributed by atoms with E-state index >= 15 is 0 Å². The van der Waals surface area contributed by atoms with Crippen molar-refractivity contribution in [3.8, 4) is 0 Å². The zero-order valence-electron chi connectivity index (χ0n) is 11.1. The molecule has 19 heavy (non-hydrogen) atoms. The van der Waals surface area contributed by atoms with Gasteiger partial charge in [0.2, 0.25) is 0 Å². The lowest BCUT2D eigenvalue weighted by atomic mass is 9.98. The maximum atomic E-state index is 4.34. The highest BCUT2D eigenvalue weighted by molar-refractivity contribution is 9.10. The molecule has 2 nitrogen and oxygen atoms in total. The van der Waals surface area contributed by atoms with Crippen molar-refractivity contribution in [2.75, 3.05) is 6.54 Å². The third-order valence-corrected chi connectivity index (χ3v) is 3.69. The third kappa shape index (κ3) is 4.77. The van der Waals surface area contributed by atoms with E-state index < -0.39 is 0 Å². The van der Waals surface area contributed by atoms with Crippen molar-refractivity contribution in [3.05, 3.63) is 64.4 Å². The van der Waals surface area contributed by atoms with E-state index in [1.165, 1.54) is 5.56 Å². The zero-order chi connectivity index (χ0) is 13.5. The van der Waals surface area contributed by atoms with Crippen molar-refractivity contribution < 1.29 is 0 Å². The Morgan fingerprint density at radius 3 is 2.63 bits per heavy atom. The standard InChI is InChI=1S/C16H19BrN2/c1-13(14-5-3-2-4-6-14)9-10-18-12-16-8-7-15(17)11-19-16/h2-8,11,13,18H,9-10,12H2,1H3. The van der Waals surface area contributed by atoms with Gasteiger partial charge in [0, 0.05) is 17.2 Å². The highest BCUT2D eigenvalue weighted by Crippen LogP contribution is 2.17. The van der Waals surface area contributed by atoms with Crippen LogP contribution in [0.25, 0.3) is 0 Å². The molecule has 1 aromatic heterocycles. The molecule has 0 bridgehead atoms. The van der Waals surface area contributed by atoms with Crippen LogP contribution in [-0.4, -0.2) is 11.5 Å². The van der Waals surface area contributed by atoms with Gasteiger partial charge in [-0.15, -0.1) is 0 Å². The number of aromatic nitrogens is 1. The first kappa shape index (κ1) is 14.2. The molecule has 0 saturated carbocycles. The fourth-order valence-electron chi connectivity index (χ4n) is 1.99. The Kier molecular flexibility index (Phi) is 5.55. The maximum absolute atomic E-state index is 4.34. The van der Waals surface area contributed by atoms with E-state index in [0.29, 0.717) is 5.92 Å². The van der Waals surface area contributed by atoms with Crippen LogP contribution in [0.15, 0.2) is 53.1 Å². The van der Waals surface area contributed by atoms with Crippen LogP contribution in [0.5, 0.6) is 0 Å². The molecule has 3 heteroatoms. The number of nitrogens with one attached hydrogen (secondary N) is 1. The Hall–Kier alpha value is -1.19. The molecule has 1 atom stereocenters. The summed E-state index contributed by atoms with van der Waals surface area (Å²) in [6.45, 7) is 4.11. The number of halogens is 1. The number of nitrogens with zero attached hydrogens (tertiary/aromatic N) is 1. The molecule has 0 aliphatic heterocycles. The van der Waals surface area contributed by atoms with Crippen LogP contribution in [0.3, 0.4) is 0 Å². The molecule has 0 aliphatic carbocycles. The SMILES string of the molecule is CC(CCNCc1ccc(Br)cn1)c1ccccc1. The van der Waals surface area contributed by atoms with E-state index in [1.807, 2.05) is 18.3 Å². The summed E-state index contributed by atoms with van der Waals surface area (Å²) in [6, 6.07) is 14.7. The number of benzene rings is 1. The van der Waals surface area contributed by atoms with Crippen molar-refractivity contribution in [1.29, 1.82) is 0 Å². The largest absolute Gasteiger partial charge is 0.311 e. The first-order chi connectivity index (χ1) is 9.25. The lowest BCUT2D eigenvalue weighted by Gasteiger charge is -2.12. The van der Waals surface area contributed by atoms with Crippen LogP contribution in [0.2, 0.25) is 0 Å². The predicted octanol–water partition coefficient (Wildman–Crippen LogP) is 4.13. The monoisotopic (exact) mass is 318 g/mol. The van der Waals surface area contributed by atoms with Crippen LogP contribution >= 0.6 is 15.9 Å². The molecule has 0 amide bonds. The quantitative estimate of drug-likeness (QED) is 0.810. The van der Waals surface area contributed by atoms with Crippen LogP contribution in [0.4, 0.5) is 0 Å². The van der Waals surface area contributed by atoms with Crippen molar-refractivity contribution in [2.45, 2.75) is 25.8 Å². The van der Waals surface area contributed by atoms with Gasteiger partial charge in [-0.2, -0.15) is 0 Å². The van der Waals surface area contributed by atoms with E-state index in [1.54, 1.807) is 0 Å². The average molecular weight is 319 g/mol. The topological polar surface area (TPSA) is 24.9 Å². The molecular weight excluding hydrogens is 300 g/mol. The van der Waals surface area contributed by atoms with Gasteiger partial charge < -0.3 is 5.32 Å². The first-order valence-electron chi connectivity index (χ1n) is 6.62. The normalized spacial score (nSPS) is 12.3. The Bertz CT molecular complexity index is 482. The molecule has 0 spiro atoms. The molecule has 1 heterocycles. The van der Waals surface area contributed by atoms with Crippen LogP contribution in [-0.2, 0) is 6.54 Å². The molecule has 100 valence electrons. The smallest absolute Gasteiger partial charge is 0.0542 e. The van der Waals surface area contributed by atoms with Gasteiger partial charge in [0.1, 0.15) is 0 Å². The highest BCUT2D eigenvalue weighted by Gasteiger charge is 2.04. The maximum Gasteiger partial charge on any atom is 0.0542 e. The Morgan fingerprint density at radius 2 is 1.95 bits per heavy atom. The van der Waals surface area contributed by atoms with Crippen molar-refractivity contribution >= 4 is 15.9 Å². The van der Waals surface area contributed by atoms with Crippen molar-refractivity contribution in [2.24, 2.45) is 0 Å². The molecule has 0 radical (unpaired) electrons. The van der Waals surface area contributed by atoms with E-state index in [9.17, 15) is 0 Å². The number of rotatable bonds is 6. The van der Waals surface area contributed by atoms with Gasteiger partial charge >= 0.3 is 0 Å². The summed E-state index contributed by atoms with van der Waals surface area (Å²) in [5.41, 5.74) is 2.49. The summed E-state index contributed by atoms with van der Waals surface area (Å²) in [5.74, 6) is 0.589. The summed E-state index contributed by atoms with van der Waals surface area (Å²) in [5, 5.41) is 3.44. The van der Waals surface area contributed by atoms with Crippen molar-refractivity contribution in [1.82, 2.24) is 10.3 Å². The molecule has 1 N–H and O–H groups in total. The molecule has 2 rings (SSSR count). The van der Waals surface area contributed by atoms with Gasteiger partial charge in [-0.05, 0) is 52.5 Å². The summed E-state index contributed by atoms with van der Waals surface area (Å²) < 4.78 is 1.02. The molecule has 1 unspecified atom stereocenters. The van der Waals surface area contributed by atoms with E-state index in [4.69, 9.17) is 0 Å². The van der Waals surface area contributed by atoms with Crippen molar-refractivity contribution in [3.63, 3.8) is 0 Å². The van der Waals surface area contributed by atoms with Gasteiger partial charge in [-0.25, -0.2) is 0 Å². The second-order valence-electron chi connectivity index (χ2n) is 4.74. The summed E-state index contributed by atoms with van der Waals surface area (Å²) in [4.78, 5) is 4.34. The second-order valence-corrected chi connectivity index (χ2v) is 5.66. The van der Waals surface area contributed by atoms with Gasteiger partial charge in [0.05, 0.1) is 5.69 Å². The highest BCUT2D eigenvalue weighted by atomic mass is 79.9. The fraction of sp³-hybridized carbons (Fsp3) is 0.312. The minimum absolute atomic E-state index is 0.589. The van der Waals surface area contributed by atoms with Gasteiger partial charge in [0.15, 0.2) is 0 Å². The molecule has 2 aromatic rings. The zero-order valence-corrected chi connectivity index (χ0v) is 12.7. The van der Waals surface area contributed by atoms with Gasteiger partial charge in [-0.3, -0.25) is 4.98 Å². The minimum Gasteiger partial charge on any atom is -0.311 e. The first-order valence-corrected chi connectivity index (χ1v) is 7.41. The molecule has 0 aliphatic rings. The summed E-state index contributed by atoms with van der Waals surface area (Å²) >= 11 is 3.39. The molecule has 0 fully saturated rings. The third-order valence-electron chi connectivity index (χ3n) is 3.22. The van der Waals surface area contributed by atoms with Crippen LogP contribution in [0, 0.1) is 0 Å². The Labute approximate surface area is 123 Å². The van der Waals surface area contributed by atoms with Crippen LogP contribution < -0.4 is 5.32 Å². The van der Waals surface area contributed by atoms with Gasteiger partial charge in [0.25, 0.3) is 0 Å². The van der Waals surface area contributed by atoms with Gasteiger partial charge in [-0.1, -0.05) is 37.3 Å². The van der Waals surface area contributed by atoms with E-state index in [0.717, 1.165) is 29.7 Å². The minimum atomic E-state index is 0.589. The summed E-state index contributed by atoms with van der Waals surface area (Å²) in [7, 11) is 0. The fourth-order valence-corrected chi connectivity index (χ4v) is 2.23. The number of hydrogen-bond donors (Lipinski definition) is 1. The number of hydrogen-bond acceptors (Lipinski definition) is 2. The Balaban J connectivity index is 1.71. The lowest BCUT2D eigenvalue weighted by molar-refractivity contribution is 0.589. The molecular formula is C16H19BrN2. The lowest BCUT2D eigenvalue weighted by Crippen LogP contribution is -2.17. The molecule has 1 aromatic carbocycles. The van der Waals surface area contributed by atoms with Crippen LogP contribution in [0.1, 0.15) is 30.5 Å². The Morgan fingerprint density at radius 1 is 1.16 bits per heavy atom. The average Bonchev–Trinajstić information content (AvgIpc) is 2.46. The summed E-state index contributed by atoms with van der Waals surface area (Å²) in [6.07, 6.45) is 2.98. The molecule has 0 saturated heterocycles. The second kappa shape index (κ2) is 7.41. The number of pyridine rings is 1. The predicted molar refractivity (Wildman–Crippen MR) is 83.1 cm³/mol.